The Balaban J connectivity index is 1.73. The first kappa shape index (κ1) is 19.2. The molecule has 28 heavy (non-hydrogen) atoms. The molecule has 7 heteroatoms. The molecule has 0 unspecified atom stereocenters. The second-order valence-corrected chi connectivity index (χ2v) is 6.07. The quantitative estimate of drug-likeness (QED) is 0.653. The SMILES string of the molecule is COc1ccc(OC)c(NC(=O)c2ccnc(NCc3ccccc3C)n2)c1. The lowest BCUT2D eigenvalue weighted by molar-refractivity contribution is 0.102. The van der Waals surface area contributed by atoms with Gasteiger partial charge in [0, 0.05) is 18.8 Å². The van der Waals surface area contributed by atoms with Crippen LogP contribution in [0, 0.1) is 6.92 Å². The Morgan fingerprint density at radius 1 is 1.07 bits per heavy atom. The van der Waals surface area contributed by atoms with Crippen molar-refractivity contribution in [3.05, 3.63) is 71.5 Å². The lowest BCUT2D eigenvalue weighted by Crippen LogP contribution is -2.16. The maximum Gasteiger partial charge on any atom is 0.274 e. The van der Waals surface area contributed by atoms with Gasteiger partial charge in [0.15, 0.2) is 0 Å². The minimum Gasteiger partial charge on any atom is -0.497 e. The second kappa shape index (κ2) is 8.85. The largest absolute Gasteiger partial charge is 0.497 e. The molecule has 1 heterocycles. The standard InChI is InChI=1S/C21H22N4O3/c1-14-6-4-5-7-15(14)13-23-21-22-11-10-17(25-21)20(26)24-18-12-16(27-2)8-9-19(18)28-3/h4-12H,13H2,1-3H3,(H,24,26)(H,22,23,25). The predicted molar refractivity (Wildman–Crippen MR) is 108 cm³/mol. The molecule has 0 fully saturated rings. The van der Waals surface area contributed by atoms with Crippen molar-refractivity contribution in [2.24, 2.45) is 0 Å². The van der Waals surface area contributed by atoms with Gasteiger partial charge in [-0.2, -0.15) is 0 Å². The molecule has 0 bridgehead atoms. The molecule has 1 aromatic heterocycles. The number of anilines is 2. The summed E-state index contributed by atoms with van der Waals surface area (Å²) >= 11 is 0. The fourth-order valence-electron chi connectivity index (χ4n) is 2.65. The summed E-state index contributed by atoms with van der Waals surface area (Å²) in [5, 5.41) is 5.96. The number of rotatable bonds is 7. The van der Waals surface area contributed by atoms with Gasteiger partial charge in [-0.25, -0.2) is 9.97 Å². The van der Waals surface area contributed by atoms with E-state index in [0.717, 1.165) is 5.56 Å². The molecule has 2 N–H and O–H groups in total. The number of carbonyl (C=O) groups excluding carboxylic acids is 1. The molecule has 0 atom stereocenters. The van der Waals surface area contributed by atoms with Gasteiger partial charge in [-0.15, -0.1) is 0 Å². The van der Waals surface area contributed by atoms with Crippen LogP contribution >= 0.6 is 0 Å². The van der Waals surface area contributed by atoms with E-state index in [1.54, 1.807) is 37.6 Å². The molecule has 2 aromatic carbocycles. The molecule has 1 amide bonds. The van der Waals surface area contributed by atoms with Gasteiger partial charge in [-0.05, 0) is 36.2 Å². The number of amides is 1. The fourth-order valence-corrected chi connectivity index (χ4v) is 2.65. The third kappa shape index (κ3) is 4.56. The Labute approximate surface area is 163 Å². The minimum atomic E-state index is -0.368. The zero-order chi connectivity index (χ0) is 19.9. The summed E-state index contributed by atoms with van der Waals surface area (Å²) in [5.41, 5.74) is 3.06. The summed E-state index contributed by atoms with van der Waals surface area (Å²) in [6, 6.07) is 14.8. The van der Waals surface area contributed by atoms with Crippen molar-refractivity contribution in [3.63, 3.8) is 0 Å². The van der Waals surface area contributed by atoms with Gasteiger partial charge in [0.25, 0.3) is 5.91 Å². The first-order chi connectivity index (χ1) is 13.6. The van der Waals surface area contributed by atoms with Gasteiger partial charge >= 0.3 is 0 Å². The van der Waals surface area contributed by atoms with Crippen molar-refractivity contribution in [2.75, 3.05) is 24.9 Å². The fraction of sp³-hybridized carbons (Fsp3) is 0.190. The molecule has 0 saturated heterocycles. The molecule has 3 aromatic rings. The van der Waals surface area contributed by atoms with Gasteiger partial charge in [-0.3, -0.25) is 4.79 Å². The molecule has 144 valence electrons. The van der Waals surface area contributed by atoms with E-state index >= 15 is 0 Å². The highest BCUT2D eigenvalue weighted by Crippen LogP contribution is 2.29. The lowest BCUT2D eigenvalue weighted by atomic mass is 10.1. The molecule has 0 aliphatic heterocycles. The van der Waals surface area contributed by atoms with Crippen LogP contribution in [0.3, 0.4) is 0 Å². The Hall–Kier alpha value is -3.61. The molecule has 0 saturated carbocycles. The summed E-state index contributed by atoms with van der Waals surface area (Å²) in [7, 11) is 3.10. The van der Waals surface area contributed by atoms with Crippen molar-refractivity contribution in [2.45, 2.75) is 13.5 Å². The van der Waals surface area contributed by atoms with Gasteiger partial charge in [-0.1, -0.05) is 24.3 Å². The van der Waals surface area contributed by atoms with Crippen LogP contribution < -0.4 is 20.1 Å². The van der Waals surface area contributed by atoms with Gasteiger partial charge < -0.3 is 20.1 Å². The number of nitrogens with zero attached hydrogens (tertiary/aromatic N) is 2. The molecule has 0 aliphatic rings. The highest BCUT2D eigenvalue weighted by molar-refractivity contribution is 6.03. The van der Waals surface area contributed by atoms with Crippen LogP contribution in [0.2, 0.25) is 0 Å². The van der Waals surface area contributed by atoms with Gasteiger partial charge in [0.05, 0.1) is 19.9 Å². The van der Waals surface area contributed by atoms with Crippen LogP contribution in [0.5, 0.6) is 11.5 Å². The Morgan fingerprint density at radius 3 is 2.64 bits per heavy atom. The van der Waals surface area contributed by atoms with Gasteiger partial charge in [0.2, 0.25) is 5.95 Å². The molecule has 7 nitrogen and oxygen atoms in total. The number of aromatic nitrogens is 2. The van der Waals surface area contributed by atoms with Crippen molar-refractivity contribution >= 4 is 17.5 Å². The van der Waals surface area contributed by atoms with Crippen LogP contribution in [0.25, 0.3) is 0 Å². The number of hydrogen-bond acceptors (Lipinski definition) is 6. The maximum absolute atomic E-state index is 12.6. The second-order valence-electron chi connectivity index (χ2n) is 6.07. The number of methoxy groups -OCH3 is 2. The number of aryl methyl sites for hydroxylation is 1. The smallest absolute Gasteiger partial charge is 0.274 e. The van der Waals surface area contributed by atoms with E-state index < -0.39 is 0 Å². The van der Waals surface area contributed by atoms with E-state index in [9.17, 15) is 4.79 Å². The van der Waals surface area contributed by atoms with Crippen LogP contribution in [0.4, 0.5) is 11.6 Å². The summed E-state index contributed by atoms with van der Waals surface area (Å²) in [5.74, 6) is 1.15. The topological polar surface area (TPSA) is 85.4 Å². The normalized spacial score (nSPS) is 10.2. The predicted octanol–water partition coefficient (Wildman–Crippen LogP) is 3.67. The highest BCUT2D eigenvalue weighted by atomic mass is 16.5. The van der Waals surface area contributed by atoms with Gasteiger partial charge in [0.1, 0.15) is 17.2 Å². The first-order valence-corrected chi connectivity index (χ1v) is 8.75. The number of hydrogen-bond donors (Lipinski definition) is 2. The summed E-state index contributed by atoms with van der Waals surface area (Å²) in [4.78, 5) is 21.1. The molecular weight excluding hydrogens is 356 g/mol. The zero-order valence-corrected chi connectivity index (χ0v) is 16.0. The van der Waals surface area contributed by atoms with Crippen LogP contribution in [-0.2, 0) is 6.54 Å². The third-order valence-electron chi connectivity index (χ3n) is 4.24. The molecular formula is C21H22N4O3. The monoisotopic (exact) mass is 378 g/mol. The first-order valence-electron chi connectivity index (χ1n) is 8.75. The van der Waals surface area contributed by atoms with Crippen molar-refractivity contribution in [1.82, 2.24) is 9.97 Å². The van der Waals surface area contributed by atoms with E-state index in [1.807, 2.05) is 31.2 Å². The van der Waals surface area contributed by atoms with E-state index in [2.05, 4.69) is 20.6 Å². The molecule has 0 aliphatic carbocycles. The van der Waals surface area contributed by atoms with Crippen LogP contribution in [-0.4, -0.2) is 30.1 Å². The Morgan fingerprint density at radius 2 is 1.89 bits per heavy atom. The van der Waals surface area contributed by atoms with E-state index in [0.29, 0.717) is 29.7 Å². The zero-order valence-electron chi connectivity index (χ0n) is 16.0. The van der Waals surface area contributed by atoms with Crippen molar-refractivity contribution in [3.8, 4) is 11.5 Å². The number of benzene rings is 2. The van der Waals surface area contributed by atoms with Crippen molar-refractivity contribution in [1.29, 1.82) is 0 Å². The number of nitrogens with one attached hydrogen (secondary N) is 2. The Bertz CT molecular complexity index is 975. The van der Waals surface area contributed by atoms with E-state index in [1.165, 1.54) is 12.7 Å². The third-order valence-corrected chi connectivity index (χ3v) is 4.24. The average Bonchev–Trinajstić information content (AvgIpc) is 2.73. The average molecular weight is 378 g/mol. The summed E-state index contributed by atoms with van der Waals surface area (Å²) in [6.45, 7) is 2.62. The highest BCUT2D eigenvalue weighted by Gasteiger charge is 2.13. The lowest BCUT2D eigenvalue weighted by Gasteiger charge is -2.12. The van der Waals surface area contributed by atoms with E-state index in [4.69, 9.17) is 9.47 Å². The van der Waals surface area contributed by atoms with Crippen LogP contribution in [0.1, 0.15) is 21.6 Å². The maximum atomic E-state index is 12.6. The molecule has 0 spiro atoms. The number of ether oxygens (including phenoxy) is 2. The molecule has 3 rings (SSSR count). The van der Waals surface area contributed by atoms with Crippen LogP contribution in [0.15, 0.2) is 54.7 Å². The minimum absolute atomic E-state index is 0.243. The van der Waals surface area contributed by atoms with E-state index in [-0.39, 0.29) is 11.6 Å². The molecule has 0 radical (unpaired) electrons. The summed E-state index contributed by atoms with van der Waals surface area (Å²) < 4.78 is 10.5. The Kier molecular flexibility index (Phi) is 6.06. The number of carbonyl (C=O) groups is 1. The summed E-state index contributed by atoms with van der Waals surface area (Å²) in [6.07, 6.45) is 1.55. The van der Waals surface area contributed by atoms with Crippen molar-refractivity contribution < 1.29 is 14.3 Å².